The van der Waals surface area contributed by atoms with Crippen molar-refractivity contribution in [3.8, 4) is 0 Å². The van der Waals surface area contributed by atoms with Gasteiger partial charge in [0.2, 0.25) is 0 Å². The second-order valence-electron chi connectivity index (χ2n) is 3.42. The van der Waals surface area contributed by atoms with Crippen molar-refractivity contribution in [2.24, 2.45) is 0 Å². The van der Waals surface area contributed by atoms with Crippen LogP contribution in [0.5, 0.6) is 0 Å². The molecule has 0 atom stereocenters. The number of hydrogen-bond acceptors (Lipinski definition) is 1. The fraction of sp³-hybridized carbons (Fsp3) is 0.636. The number of aryl methyl sites for hydroxylation is 3. The van der Waals surface area contributed by atoms with E-state index in [2.05, 4.69) is 19.9 Å². The molecule has 68 valence electrons. The van der Waals surface area contributed by atoms with E-state index in [1.807, 2.05) is 6.92 Å². The van der Waals surface area contributed by atoms with Crippen LogP contribution in [0, 0.1) is 13.8 Å². The van der Waals surface area contributed by atoms with Crippen molar-refractivity contribution in [1.82, 2.24) is 0 Å². The second-order valence-corrected chi connectivity index (χ2v) is 3.42. The zero-order valence-electron chi connectivity index (χ0n) is 8.31. The van der Waals surface area contributed by atoms with Crippen LogP contribution < -0.4 is 0 Å². The quantitative estimate of drug-likeness (QED) is 0.622. The van der Waals surface area contributed by atoms with E-state index in [4.69, 9.17) is 4.42 Å². The van der Waals surface area contributed by atoms with Gasteiger partial charge in [-0.2, -0.15) is 0 Å². The third kappa shape index (κ3) is 2.40. The highest BCUT2D eigenvalue weighted by Gasteiger charge is 2.03. The molecule has 1 nitrogen and oxygen atoms in total. The first-order chi connectivity index (χ1) is 5.74. The molecule has 0 saturated carbocycles. The van der Waals surface area contributed by atoms with Gasteiger partial charge in [0.15, 0.2) is 0 Å². The fourth-order valence-corrected chi connectivity index (χ4v) is 1.47. The molecule has 1 heterocycles. The Morgan fingerprint density at radius 1 is 1.25 bits per heavy atom. The summed E-state index contributed by atoms with van der Waals surface area (Å²) in [6.45, 7) is 6.36. The molecule has 0 aliphatic carbocycles. The maximum Gasteiger partial charge on any atom is 0.107 e. The molecule has 0 bridgehead atoms. The van der Waals surface area contributed by atoms with Crippen LogP contribution >= 0.6 is 0 Å². The van der Waals surface area contributed by atoms with Crippen LogP contribution in [0.1, 0.15) is 43.3 Å². The van der Waals surface area contributed by atoms with Gasteiger partial charge in [0.05, 0.1) is 0 Å². The Labute approximate surface area is 74.8 Å². The van der Waals surface area contributed by atoms with Gasteiger partial charge in [-0.15, -0.1) is 0 Å². The lowest BCUT2D eigenvalue weighted by molar-refractivity contribution is 0.471. The van der Waals surface area contributed by atoms with Gasteiger partial charge in [0, 0.05) is 6.42 Å². The predicted octanol–water partition coefficient (Wildman–Crippen LogP) is 3.63. The lowest BCUT2D eigenvalue weighted by Crippen LogP contribution is -1.84. The van der Waals surface area contributed by atoms with Gasteiger partial charge < -0.3 is 4.42 Å². The molecule has 1 aromatic heterocycles. The first kappa shape index (κ1) is 9.37. The maximum atomic E-state index is 5.56. The average Bonchev–Trinajstić information content (AvgIpc) is 2.31. The summed E-state index contributed by atoms with van der Waals surface area (Å²) in [5, 5.41) is 0. The molecular formula is C11H18O. The molecule has 1 heteroatoms. The first-order valence-electron chi connectivity index (χ1n) is 4.80. The van der Waals surface area contributed by atoms with Crippen LogP contribution in [0.15, 0.2) is 10.5 Å². The third-order valence-electron chi connectivity index (χ3n) is 2.15. The summed E-state index contributed by atoms with van der Waals surface area (Å²) in [5.74, 6) is 2.22. The van der Waals surface area contributed by atoms with Crippen LogP contribution in [0.2, 0.25) is 0 Å². The molecule has 0 radical (unpaired) electrons. The van der Waals surface area contributed by atoms with Crippen molar-refractivity contribution in [3.05, 3.63) is 23.2 Å². The highest BCUT2D eigenvalue weighted by atomic mass is 16.3. The molecule has 0 aromatic carbocycles. The standard InChI is InChI=1S/C11H18O/c1-4-5-6-7-11-9(2)8-10(3)12-11/h8H,4-7H2,1-3H3. The Kier molecular flexibility index (Phi) is 3.39. The van der Waals surface area contributed by atoms with E-state index >= 15 is 0 Å². The van der Waals surface area contributed by atoms with Crippen molar-refractivity contribution in [1.29, 1.82) is 0 Å². The van der Waals surface area contributed by atoms with Gasteiger partial charge in [0.1, 0.15) is 11.5 Å². The van der Waals surface area contributed by atoms with E-state index < -0.39 is 0 Å². The van der Waals surface area contributed by atoms with Crippen molar-refractivity contribution in [2.45, 2.75) is 46.5 Å². The average molecular weight is 166 g/mol. The minimum atomic E-state index is 1.04. The van der Waals surface area contributed by atoms with Crippen molar-refractivity contribution >= 4 is 0 Å². The number of unbranched alkanes of at least 4 members (excludes halogenated alkanes) is 2. The summed E-state index contributed by atoms with van der Waals surface area (Å²) in [4.78, 5) is 0. The molecule has 0 unspecified atom stereocenters. The van der Waals surface area contributed by atoms with Gasteiger partial charge in [-0.05, 0) is 31.9 Å². The Morgan fingerprint density at radius 3 is 2.50 bits per heavy atom. The zero-order chi connectivity index (χ0) is 8.97. The number of rotatable bonds is 4. The van der Waals surface area contributed by atoms with Crippen LogP contribution in [0.4, 0.5) is 0 Å². The molecule has 1 rings (SSSR count). The lowest BCUT2D eigenvalue weighted by Gasteiger charge is -1.96. The van der Waals surface area contributed by atoms with Crippen LogP contribution in [0.25, 0.3) is 0 Å². The van der Waals surface area contributed by atoms with Crippen LogP contribution in [-0.2, 0) is 6.42 Å². The summed E-state index contributed by atoms with van der Waals surface area (Å²) in [6.07, 6.45) is 4.94. The largest absolute Gasteiger partial charge is 0.466 e. The van der Waals surface area contributed by atoms with Crippen molar-refractivity contribution in [2.75, 3.05) is 0 Å². The monoisotopic (exact) mass is 166 g/mol. The molecule has 0 aliphatic heterocycles. The van der Waals surface area contributed by atoms with Gasteiger partial charge in [-0.1, -0.05) is 19.8 Å². The Morgan fingerprint density at radius 2 is 2.00 bits per heavy atom. The van der Waals surface area contributed by atoms with Crippen molar-refractivity contribution < 1.29 is 4.42 Å². The van der Waals surface area contributed by atoms with E-state index in [1.54, 1.807) is 0 Å². The molecular weight excluding hydrogens is 148 g/mol. The molecule has 0 amide bonds. The topological polar surface area (TPSA) is 13.1 Å². The Balaban J connectivity index is 2.45. The predicted molar refractivity (Wildman–Crippen MR) is 51.4 cm³/mol. The summed E-state index contributed by atoms with van der Waals surface area (Å²) in [5.41, 5.74) is 1.31. The van der Waals surface area contributed by atoms with Crippen LogP contribution in [-0.4, -0.2) is 0 Å². The lowest BCUT2D eigenvalue weighted by atomic mass is 10.1. The van der Waals surface area contributed by atoms with E-state index in [-0.39, 0.29) is 0 Å². The summed E-state index contributed by atoms with van der Waals surface area (Å²) >= 11 is 0. The summed E-state index contributed by atoms with van der Waals surface area (Å²) in [7, 11) is 0. The molecule has 0 spiro atoms. The summed E-state index contributed by atoms with van der Waals surface area (Å²) in [6, 6.07) is 2.11. The first-order valence-corrected chi connectivity index (χ1v) is 4.80. The van der Waals surface area contributed by atoms with Gasteiger partial charge in [0.25, 0.3) is 0 Å². The molecule has 1 aromatic rings. The second kappa shape index (κ2) is 4.34. The van der Waals surface area contributed by atoms with E-state index in [0.717, 1.165) is 12.2 Å². The SMILES string of the molecule is CCCCCc1oc(C)cc1C. The minimum Gasteiger partial charge on any atom is -0.466 e. The molecule has 0 aliphatic rings. The molecule has 0 N–H and O–H groups in total. The van der Waals surface area contributed by atoms with Crippen LogP contribution in [0.3, 0.4) is 0 Å². The highest BCUT2D eigenvalue weighted by molar-refractivity contribution is 5.19. The van der Waals surface area contributed by atoms with Gasteiger partial charge >= 0.3 is 0 Å². The maximum absolute atomic E-state index is 5.56. The van der Waals surface area contributed by atoms with E-state index in [0.29, 0.717) is 0 Å². The van der Waals surface area contributed by atoms with Gasteiger partial charge in [-0.25, -0.2) is 0 Å². The van der Waals surface area contributed by atoms with Gasteiger partial charge in [-0.3, -0.25) is 0 Å². The minimum absolute atomic E-state index is 1.04. The van der Waals surface area contributed by atoms with E-state index in [9.17, 15) is 0 Å². The van der Waals surface area contributed by atoms with Crippen molar-refractivity contribution in [3.63, 3.8) is 0 Å². The van der Waals surface area contributed by atoms with E-state index in [1.165, 1.54) is 30.6 Å². The fourth-order valence-electron chi connectivity index (χ4n) is 1.47. The third-order valence-corrected chi connectivity index (χ3v) is 2.15. The highest BCUT2D eigenvalue weighted by Crippen LogP contribution is 2.16. The normalized spacial score (nSPS) is 10.6. The molecule has 12 heavy (non-hydrogen) atoms. The Hall–Kier alpha value is -0.720. The molecule has 0 fully saturated rings. The Bertz CT molecular complexity index is 235. The summed E-state index contributed by atoms with van der Waals surface area (Å²) < 4.78 is 5.56. The smallest absolute Gasteiger partial charge is 0.107 e. The number of hydrogen-bond donors (Lipinski definition) is 0. The molecule has 0 saturated heterocycles. The number of furan rings is 1. The zero-order valence-corrected chi connectivity index (χ0v) is 8.31.